The smallest absolute Gasteiger partial charge is 0.145 e. The van der Waals surface area contributed by atoms with Crippen molar-refractivity contribution < 1.29 is 4.79 Å². The quantitative estimate of drug-likeness (QED) is 0.0973. The van der Waals surface area contributed by atoms with Crippen molar-refractivity contribution in [3.8, 4) is 0 Å². The fourth-order valence-electron chi connectivity index (χ4n) is 2.33. The number of hydrogen-bond acceptors (Lipinski definition) is 6. The second-order valence-electron chi connectivity index (χ2n) is 7.93. The van der Waals surface area contributed by atoms with E-state index in [-0.39, 0.29) is 0 Å². The SMILES string of the molecule is C/C(N)=C\CCc1cc(C2=NCNN2)ccc1N.C/C=C(\C)C=O.C/C=C\CC.CC.CC(C)=CCCl. The number of carbonyl (C=O) groups is 1. The van der Waals surface area contributed by atoms with Gasteiger partial charge in [-0.05, 0) is 90.1 Å². The number of aryl methyl sites for hydroxylation is 1. The summed E-state index contributed by atoms with van der Waals surface area (Å²) >= 11 is 5.32. The standard InChI is InChI=1S/C13H19N5.C5H9Cl.C5H8O.C5H10.C2H6/c1-9(14)3-2-4-10-7-11(5-6-12(10)15)13-16-8-17-18-13;1-5(2)3-4-6;1-3-5(2)4-6;1-3-5-4-2;1-2/h3,5-7,17H,2,4,8,14-15H2,1H3,(H,16,18);3H,4H2,1-2H3;3-4H,1-2H3;3,5H,4H2,1-2H3;1-2H3/b9-3+;;5-3+;5-3-;. The number of alkyl halides is 1. The molecule has 1 aliphatic heterocycles. The fraction of sp³-hybridized carbons (Fsp3) is 0.467. The number of anilines is 1. The molecule has 1 aromatic rings. The zero-order valence-electron chi connectivity index (χ0n) is 24.6. The number of aldehydes is 1. The van der Waals surface area contributed by atoms with Gasteiger partial charge in [0.25, 0.3) is 0 Å². The minimum Gasteiger partial charge on any atom is -0.403 e. The first-order valence-electron chi connectivity index (χ1n) is 12.9. The lowest BCUT2D eigenvalue weighted by atomic mass is 10.0. The summed E-state index contributed by atoms with van der Waals surface area (Å²) in [6.45, 7) is 18.3. The molecular formula is C30H52ClN5O. The van der Waals surface area contributed by atoms with Crippen molar-refractivity contribution in [3.05, 3.63) is 76.5 Å². The number of amidine groups is 1. The summed E-state index contributed by atoms with van der Waals surface area (Å²) < 4.78 is 0. The highest BCUT2D eigenvalue weighted by atomic mass is 35.5. The third kappa shape index (κ3) is 24.6. The number of carbonyl (C=O) groups excluding carboxylic acids is 1. The number of aliphatic imine (C=N–C) groups is 1. The second-order valence-corrected chi connectivity index (χ2v) is 8.24. The van der Waals surface area contributed by atoms with E-state index in [1.165, 1.54) is 5.57 Å². The normalized spacial score (nSPS) is 12.1. The van der Waals surface area contributed by atoms with Crippen LogP contribution in [0.2, 0.25) is 0 Å². The molecule has 6 N–H and O–H groups in total. The van der Waals surface area contributed by atoms with Gasteiger partial charge in [-0.2, -0.15) is 0 Å². The van der Waals surface area contributed by atoms with Crippen molar-refractivity contribution >= 4 is 29.4 Å². The molecule has 0 aromatic heterocycles. The zero-order chi connectivity index (χ0) is 29.1. The fourth-order valence-corrected chi connectivity index (χ4v) is 2.64. The number of nitrogens with one attached hydrogen (secondary N) is 2. The minimum absolute atomic E-state index is 0.601. The third-order valence-electron chi connectivity index (χ3n) is 4.42. The van der Waals surface area contributed by atoms with E-state index in [4.69, 9.17) is 23.1 Å². The Hall–Kier alpha value is -2.83. The summed E-state index contributed by atoms with van der Waals surface area (Å²) in [6.07, 6.45) is 13.7. The number of nitrogen functional groups attached to an aromatic ring is 1. The number of rotatable bonds is 7. The lowest BCUT2D eigenvalue weighted by Gasteiger charge is -2.08. The van der Waals surface area contributed by atoms with Gasteiger partial charge in [0, 0.05) is 22.8 Å². The van der Waals surface area contributed by atoms with Crippen LogP contribution in [-0.2, 0) is 11.2 Å². The molecule has 0 atom stereocenters. The Balaban J connectivity index is -0.000000502. The molecule has 1 aromatic carbocycles. The van der Waals surface area contributed by atoms with E-state index in [2.05, 4.69) is 41.0 Å². The highest BCUT2D eigenvalue weighted by Gasteiger charge is 2.09. The average Bonchev–Trinajstić information content (AvgIpc) is 3.42. The van der Waals surface area contributed by atoms with Gasteiger partial charge in [-0.15, -0.1) is 11.6 Å². The highest BCUT2D eigenvalue weighted by molar-refractivity contribution is 6.18. The van der Waals surface area contributed by atoms with E-state index < -0.39 is 0 Å². The van der Waals surface area contributed by atoms with Crippen LogP contribution in [0.4, 0.5) is 5.69 Å². The van der Waals surface area contributed by atoms with Gasteiger partial charge >= 0.3 is 0 Å². The van der Waals surface area contributed by atoms with Gasteiger partial charge in [-0.25, -0.2) is 10.4 Å². The molecule has 0 spiro atoms. The molecule has 0 fully saturated rings. The predicted octanol–water partition coefficient (Wildman–Crippen LogP) is 7.22. The molecule has 0 unspecified atom stereocenters. The lowest BCUT2D eigenvalue weighted by Crippen LogP contribution is -2.30. The largest absolute Gasteiger partial charge is 0.403 e. The molecule has 0 radical (unpaired) electrons. The molecular weight excluding hydrogens is 482 g/mol. The van der Waals surface area contributed by atoms with Gasteiger partial charge in [0.15, 0.2) is 0 Å². The molecule has 0 saturated heterocycles. The summed E-state index contributed by atoms with van der Waals surface area (Å²) in [5.41, 5.74) is 23.5. The maximum Gasteiger partial charge on any atom is 0.145 e. The van der Waals surface area contributed by atoms with Crippen LogP contribution in [0, 0.1) is 0 Å². The number of nitrogens with two attached hydrogens (primary N) is 2. The number of benzene rings is 1. The Kier molecular flexibility index (Phi) is 29.0. The molecule has 37 heavy (non-hydrogen) atoms. The van der Waals surface area contributed by atoms with Gasteiger partial charge in [0.1, 0.15) is 18.8 Å². The number of nitrogens with zero attached hydrogens (tertiary/aromatic N) is 1. The number of allylic oxidation sites excluding steroid dienone is 8. The molecule has 2 rings (SSSR count). The second kappa shape index (κ2) is 27.8. The molecule has 0 bridgehead atoms. The van der Waals surface area contributed by atoms with Gasteiger partial charge in [0.05, 0.1) is 0 Å². The van der Waals surface area contributed by atoms with E-state index >= 15 is 0 Å². The van der Waals surface area contributed by atoms with E-state index in [9.17, 15) is 4.79 Å². The lowest BCUT2D eigenvalue weighted by molar-refractivity contribution is -0.104. The highest BCUT2D eigenvalue weighted by Crippen LogP contribution is 2.17. The van der Waals surface area contributed by atoms with Crippen LogP contribution in [0.25, 0.3) is 0 Å². The minimum atomic E-state index is 0.601. The molecule has 210 valence electrons. The first kappa shape index (κ1) is 38.7. The first-order chi connectivity index (χ1) is 17.7. The molecule has 0 aliphatic carbocycles. The van der Waals surface area contributed by atoms with E-state index in [1.54, 1.807) is 13.0 Å². The van der Waals surface area contributed by atoms with Crippen LogP contribution in [-0.4, -0.2) is 24.7 Å². The van der Waals surface area contributed by atoms with E-state index in [0.717, 1.165) is 59.5 Å². The Labute approximate surface area is 232 Å². The monoisotopic (exact) mass is 533 g/mol. The molecule has 7 heteroatoms. The van der Waals surface area contributed by atoms with Crippen LogP contribution in [0.1, 0.15) is 86.3 Å². The molecule has 0 amide bonds. The Morgan fingerprint density at radius 3 is 2.11 bits per heavy atom. The van der Waals surface area contributed by atoms with E-state index in [0.29, 0.717) is 12.5 Å². The van der Waals surface area contributed by atoms with Gasteiger partial charge < -0.3 is 16.9 Å². The van der Waals surface area contributed by atoms with Crippen molar-refractivity contribution in [1.29, 1.82) is 0 Å². The van der Waals surface area contributed by atoms with Crippen LogP contribution in [0.3, 0.4) is 0 Å². The summed E-state index contributed by atoms with van der Waals surface area (Å²) in [5.74, 6) is 1.50. The van der Waals surface area contributed by atoms with Gasteiger partial charge in [-0.3, -0.25) is 4.79 Å². The van der Waals surface area contributed by atoms with Gasteiger partial charge in [0.2, 0.25) is 0 Å². The maximum absolute atomic E-state index is 9.67. The number of hydrogen-bond donors (Lipinski definition) is 4. The molecule has 6 nitrogen and oxygen atoms in total. The van der Waals surface area contributed by atoms with Crippen LogP contribution in [0.15, 0.2) is 70.4 Å². The Morgan fingerprint density at radius 2 is 1.78 bits per heavy atom. The van der Waals surface area contributed by atoms with Crippen molar-refractivity contribution in [3.63, 3.8) is 0 Å². The topological polar surface area (TPSA) is 106 Å². The summed E-state index contributed by atoms with van der Waals surface area (Å²) in [5, 5.41) is 0. The predicted molar refractivity (Wildman–Crippen MR) is 167 cm³/mol. The zero-order valence-corrected chi connectivity index (χ0v) is 25.4. The van der Waals surface area contributed by atoms with Crippen LogP contribution >= 0.6 is 11.6 Å². The maximum atomic E-state index is 9.67. The summed E-state index contributed by atoms with van der Waals surface area (Å²) in [6, 6.07) is 5.97. The van der Waals surface area contributed by atoms with Crippen molar-refractivity contribution in [1.82, 2.24) is 10.9 Å². The number of halogens is 1. The van der Waals surface area contributed by atoms with E-state index in [1.807, 2.05) is 72.8 Å². The number of hydrazine groups is 1. The summed E-state index contributed by atoms with van der Waals surface area (Å²) in [4.78, 5) is 14.0. The first-order valence-corrected chi connectivity index (χ1v) is 13.4. The van der Waals surface area contributed by atoms with Gasteiger partial charge in [-0.1, -0.05) is 56.7 Å². The van der Waals surface area contributed by atoms with Crippen molar-refractivity contribution in [2.45, 2.75) is 81.6 Å². The third-order valence-corrected chi connectivity index (χ3v) is 4.57. The molecule has 1 heterocycles. The van der Waals surface area contributed by atoms with Crippen molar-refractivity contribution in [2.24, 2.45) is 10.7 Å². The Bertz CT molecular complexity index is 863. The molecule has 0 saturated carbocycles. The summed E-state index contributed by atoms with van der Waals surface area (Å²) in [7, 11) is 0. The van der Waals surface area contributed by atoms with Crippen molar-refractivity contribution in [2.75, 3.05) is 18.3 Å². The average molecular weight is 534 g/mol. The van der Waals surface area contributed by atoms with Crippen LogP contribution < -0.4 is 22.3 Å². The Morgan fingerprint density at radius 1 is 1.14 bits per heavy atom. The van der Waals surface area contributed by atoms with Crippen LogP contribution in [0.5, 0.6) is 0 Å². The molecule has 1 aliphatic rings.